The van der Waals surface area contributed by atoms with E-state index in [9.17, 15) is 19.2 Å². The summed E-state index contributed by atoms with van der Waals surface area (Å²) in [7, 11) is 0. The maximum atomic E-state index is 12.7. The molecule has 0 saturated carbocycles. The third-order valence-electron chi connectivity index (χ3n) is 4.20. The van der Waals surface area contributed by atoms with Gasteiger partial charge in [-0.05, 0) is 54.6 Å². The van der Waals surface area contributed by atoms with Crippen molar-refractivity contribution in [2.75, 3.05) is 18.5 Å². The number of thioether (sulfide) groups is 1. The monoisotopic (exact) mass is 504 g/mol. The number of anilines is 1. The quantitative estimate of drug-likeness (QED) is 0.549. The molecule has 2 aromatic carbocycles. The predicted octanol–water partition coefficient (Wildman–Crippen LogP) is 3.90. The van der Waals surface area contributed by atoms with Gasteiger partial charge in [-0.2, -0.15) is 0 Å². The van der Waals surface area contributed by atoms with Crippen molar-refractivity contribution in [1.29, 1.82) is 0 Å². The minimum atomic E-state index is -1.14. The van der Waals surface area contributed by atoms with Gasteiger partial charge in [0, 0.05) is 15.7 Å². The van der Waals surface area contributed by atoms with E-state index in [0.29, 0.717) is 27.5 Å². The number of amides is 3. The van der Waals surface area contributed by atoms with Crippen molar-refractivity contribution in [1.82, 2.24) is 4.90 Å². The van der Waals surface area contributed by atoms with Crippen LogP contribution in [0.2, 0.25) is 0 Å². The van der Waals surface area contributed by atoms with E-state index in [1.54, 1.807) is 30.3 Å². The third-order valence-corrected chi connectivity index (χ3v) is 5.60. The number of aliphatic carboxylic acids is 1. The number of hydrogen-bond donors (Lipinski definition) is 2. The predicted molar refractivity (Wildman–Crippen MR) is 120 cm³/mol. The van der Waals surface area contributed by atoms with Crippen molar-refractivity contribution >= 4 is 62.5 Å². The first-order valence-electron chi connectivity index (χ1n) is 8.99. The molecule has 160 valence electrons. The van der Waals surface area contributed by atoms with Gasteiger partial charge in [-0.15, -0.1) is 0 Å². The molecule has 0 spiro atoms. The van der Waals surface area contributed by atoms with Gasteiger partial charge in [0.25, 0.3) is 11.1 Å². The molecule has 10 heteroatoms. The molecule has 2 aromatic rings. The number of halogens is 1. The molecule has 0 atom stereocenters. The van der Waals surface area contributed by atoms with Crippen LogP contribution in [0.25, 0.3) is 6.08 Å². The van der Waals surface area contributed by atoms with Crippen molar-refractivity contribution in [3.8, 4) is 5.75 Å². The summed E-state index contributed by atoms with van der Waals surface area (Å²) in [5.41, 5.74) is 1.88. The van der Waals surface area contributed by atoms with Gasteiger partial charge in [-0.25, -0.2) is 4.79 Å². The number of hydrogen-bond acceptors (Lipinski definition) is 6. The molecule has 0 radical (unpaired) electrons. The molecule has 3 rings (SSSR count). The number of aryl methyl sites for hydroxylation is 1. The van der Waals surface area contributed by atoms with Crippen molar-refractivity contribution in [2.45, 2.75) is 6.92 Å². The number of carbonyl (C=O) groups is 4. The molecular formula is C21H17BrN2O6S. The van der Waals surface area contributed by atoms with Gasteiger partial charge in [0.2, 0.25) is 5.91 Å². The fourth-order valence-corrected chi connectivity index (χ4v) is 3.94. The maximum absolute atomic E-state index is 12.7. The minimum Gasteiger partial charge on any atom is -0.481 e. The zero-order valence-electron chi connectivity index (χ0n) is 16.3. The number of nitrogens with zero attached hydrogens (tertiary/aromatic N) is 1. The van der Waals surface area contributed by atoms with Gasteiger partial charge >= 0.3 is 5.97 Å². The summed E-state index contributed by atoms with van der Waals surface area (Å²) in [6, 6.07) is 12.0. The summed E-state index contributed by atoms with van der Waals surface area (Å²) < 4.78 is 5.93. The fourth-order valence-electron chi connectivity index (χ4n) is 2.73. The number of para-hydroxylation sites is 1. The van der Waals surface area contributed by atoms with Gasteiger partial charge in [-0.1, -0.05) is 34.1 Å². The van der Waals surface area contributed by atoms with Crippen LogP contribution >= 0.6 is 27.7 Å². The molecule has 8 nitrogen and oxygen atoms in total. The van der Waals surface area contributed by atoms with Crippen LogP contribution in [0.15, 0.2) is 51.8 Å². The van der Waals surface area contributed by atoms with Crippen LogP contribution < -0.4 is 10.1 Å². The lowest BCUT2D eigenvalue weighted by Crippen LogP contribution is -2.36. The van der Waals surface area contributed by atoms with Gasteiger partial charge in [0.1, 0.15) is 12.3 Å². The van der Waals surface area contributed by atoms with Crippen molar-refractivity contribution < 1.29 is 29.0 Å². The summed E-state index contributed by atoms with van der Waals surface area (Å²) in [5, 5.41) is 10.9. The van der Waals surface area contributed by atoms with E-state index >= 15 is 0 Å². The Morgan fingerprint density at radius 1 is 1.23 bits per heavy atom. The van der Waals surface area contributed by atoms with E-state index in [4.69, 9.17) is 9.84 Å². The molecule has 1 aliphatic rings. The van der Waals surface area contributed by atoms with E-state index in [2.05, 4.69) is 21.2 Å². The molecule has 0 aromatic heterocycles. The van der Waals surface area contributed by atoms with Crippen molar-refractivity contribution in [3.63, 3.8) is 0 Å². The Morgan fingerprint density at radius 2 is 1.97 bits per heavy atom. The van der Waals surface area contributed by atoms with Gasteiger partial charge in [0.15, 0.2) is 6.61 Å². The standard InChI is InChI=1S/C21H17BrN2O6S/c1-12-4-2-3-5-15(12)23-18(25)10-24-20(28)17(31-21(24)29)9-13-8-14(22)6-7-16(13)30-11-19(26)27/h2-9H,10-11H2,1H3,(H,23,25)(H,26,27)/b17-9+. The molecule has 2 N–H and O–H groups in total. The Kier molecular flexibility index (Phi) is 7.13. The number of carbonyl (C=O) groups excluding carboxylic acids is 3. The van der Waals surface area contributed by atoms with E-state index in [-0.39, 0.29) is 10.7 Å². The molecule has 1 aliphatic heterocycles. The van der Waals surface area contributed by atoms with Crippen LogP contribution in [0.3, 0.4) is 0 Å². The Balaban J connectivity index is 1.76. The summed E-state index contributed by atoms with van der Waals surface area (Å²) in [4.78, 5) is 49.2. The second-order valence-electron chi connectivity index (χ2n) is 6.50. The average Bonchev–Trinajstić information content (AvgIpc) is 2.96. The molecule has 1 fully saturated rings. The van der Waals surface area contributed by atoms with Crippen molar-refractivity contribution in [3.05, 3.63) is 63.0 Å². The number of imide groups is 1. The number of benzene rings is 2. The average molecular weight is 505 g/mol. The molecule has 3 amide bonds. The highest BCUT2D eigenvalue weighted by Gasteiger charge is 2.36. The van der Waals surface area contributed by atoms with E-state index in [1.165, 1.54) is 6.08 Å². The number of rotatable bonds is 7. The fraction of sp³-hybridized carbons (Fsp3) is 0.143. The Bertz CT molecular complexity index is 1100. The second kappa shape index (κ2) is 9.80. The van der Waals surface area contributed by atoms with Crippen LogP contribution in [0.4, 0.5) is 10.5 Å². The molecule has 0 aliphatic carbocycles. The first-order valence-corrected chi connectivity index (χ1v) is 10.6. The summed E-state index contributed by atoms with van der Waals surface area (Å²) in [5.74, 6) is -2.01. The largest absolute Gasteiger partial charge is 0.481 e. The van der Waals surface area contributed by atoms with E-state index < -0.39 is 36.2 Å². The first kappa shape index (κ1) is 22.6. The Hall–Kier alpha value is -3.11. The maximum Gasteiger partial charge on any atom is 0.341 e. The van der Waals surface area contributed by atoms with Crippen LogP contribution in [0.5, 0.6) is 5.75 Å². The minimum absolute atomic E-state index is 0.104. The summed E-state index contributed by atoms with van der Waals surface area (Å²) in [6.45, 7) is 0.862. The smallest absolute Gasteiger partial charge is 0.341 e. The van der Waals surface area contributed by atoms with E-state index in [0.717, 1.165) is 10.5 Å². The van der Waals surface area contributed by atoms with Gasteiger partial charge < -0.3 is 15.2 Å². The molecular weight excluding hydrogens is 488 g/mol. The third kappa shape index (κ3) is 5.74. The summed E-state index contributed by atoms with van der Waals surface area (Å²) in [6.07, 6.45) is 1.44. The highest BCUT2D eigenvalue weighted by molar-refractivity contribution is 9.10. The molecule has 0 bridgehead atoms. The molecule has 31 heavy (non-hydrogen) atoms. The zero-order valence-corrected chi connectivity index (χ0v) is 18.7. The zero-order chi connectivity index (χ0) is 22.5. The van der Waals surface area contributed by atoms with Gasteiger partial charge in [0.05, 0.1) is 4.91 Å². The first-order chi connectivity index (χ1) is 14.7. The molecule has 1 saturated heterocycles. The summed E-state index contributed by atoms with van der Waals surface area (Å²) >= 11 is 4.01. The van der Waals surface area contributed by atoms with Crippen LogP contribution in [-0.2, 0) is 14.4 Å². The van der Waals surface area contributed by atoms with Crippen LogP contribution in [0.1, 0.15) is 11.1 Å². The number of nitrogens with one attached hydrogen (secondary N) is 1. The molecule has 1 heterocycles. The number of carboxylic acids is 1. The number of carboxylic acid groups (broad SMARTS) is 1. The van der Waals surface area contributed by atoms with Crippen LogP contribution in [-0.4, -0.2) is 46.2 Å². The number of ether oxygens (including phenoxy) is 1. The Morgan fingerprint density at radius 3 is 2.68 bits per heavy atom. The lowest BCUT2D eigenvalue weighted by atomic mass is 10.2. The topological polar surface area (TPSA) is 113 Å². The SMILES string of the molecule is Cc1ccccc1NC(=O)CN1C(=O)S/C(=C/c2cc(Br)ccc2OCC(=O)O)C1=O. The normalized spacial score (nSPS) is 14.8. The highest BCUT2D eigenvalue weighted by atomic mass is 79.9. The lowest BCUT2D eigenvalue weighted by molar-refractivity contribution is -0.139. The lowest BCUT2D eigenvalue weighted by Gasteiger charge is -2.13. The van der Waals surface area contributed by atoms with E-state index in [1.807, 2.05) is 19.1 Å². The van der Waals surface area contributed by atoms with Gasteiger partial charge in [-0.3, -0.25) is 19.3 Å². The highest BCUT2D eigenvalue weighted by Crippen LogP contribution is 2.34. The van der Waals surface area contributed by atoms with Crippen molar-refractivity contribution in [2.24, 2.45) is 0 Å². The molecule has 0 unspecified atom stereocenters. The van der Waals surface area contributed by atoms with Crippen LogP contribution in [0, 0.1) is 6.92 Å². The Labute approximate surface area is 190 Å². The second-order valence-corrected chi connectivity index (χ2v) is 8.40.